The first-order valence-corrected chi connectivity index (χ1v) is 15.7. The minimum Gasteiger partial charge on any atom is -0.746 e. The Morgan fingerprint density at radius 3 is 0.913 bits per heavy atom. The summed E-state index contributed by atoms with van der Waals surface area (Å²) in [4.78, 5) is 0. The summed E-state index contributed by atoms with van der Waals surface area (Å²) >= 11 is 0. The van der Waals surface area contributed by atoms with Crippen LogP contribution in [-0.2, 0) is 30.4 Å². The van der Waals surface area contributed by atoms with Gasteiger partial charge in [-0.15, -0.1) is 0 Å². The normalized spacial score (nSPS) is 16.0. The van der Waals surface area contributed by atoms with Crippen molar-refractivity contribution in [3.8, 4) is 0 Å². The molecular formula is C18H26F15NO9S3. The summed E-state index contributed by atoms with van der Waals surface area (Å²) in [6, 6.07) is 0. The van der Waals surface area contributed by atoms with E-state index in [2.05, 4.69) is 41.8 Å². The average molecular weight is 782 g/mol. The van der Waals surface area contributed by atoms with Crippen LogP contribution in [0.1, 0.15) is 27.7 Å². The van der Waals surface area contributed by atoms with Gasteiger partial charge in [-0.1, -0.05) is 27.7 Å². The molecular weight excluding hydrogens is 755 g/mol. The second-order valence-corrected chi connectivity index (χ2v) is 16.4. The molecule has 28 heteroatoms. The fraction of sp³-hybridized carbons (Fsp3) is 1.00. The van der Waals surface area contributed by atoms with Gasteiger partial charge in [-0.2, -0.15) is 82.7 Å². The summed E-state index contributed by atoms with van der Waals surface area (Å²) in [5.41, 5.74) is 0. The first-order valence-electron chi connectivity index (χ1n) is 11.4. The highest BCUT2D eigenvalue weighted by atomic mass is 32.3. The molecule has 0 aromatic carbocycles. The molecule has 46 heavy (non-hydrogen) atoms. The van der Waals surface area contributed by atoms with Crippen molar-refractivity contribution < 1.29 is 109 Å². The lowest BCUT2D eigenvalue weighted by molar-refractivity contribution is -0.896. The summed E-state index contributed by atoms with van der Waals surface area (Å²) in [7, 11) is -21.2. The molecule has 280 valence electrons. The molecule has 0 aromatic rings. The lowest BCUT2D eigenvalue weighted by atomic mass is 9.91. The molecule has 0 bridgehead atoms. The van der Waals surface area contributed by atoms with E-state index in [-0.39, 0.29) is 0 Å². The standard InChI is InChI=1S/C10H24N.C8H3F15O9S3/c1-9(2)7-11(5,6)8-10(3)4;9-1(10,3(13,14)5(17,18)7(21,22)23)2(11,12)4(15,16)6(19,20)8(33(24,25)26,34(27,28)29)35(30,31)32/h9-10H,7-8H2,1-6H3;(H,24,25,26)(H,27,28,29)(H,30,31,32)/q+1;/p-1. The van der Waals surface area contributed by atoms with Crippen molar-refractivity contribution in [2.75, 3.05) is 27.2 Å². The molecule has 0 unspecified atom stereocenters. The summed E-state index contributed by atoms with van der Waals surface area (Å²) in [5, 5.41) is 0. The highest BCUT2D eigenvalue weighted by Crippen LogP contribution is 2.65. The highest BCUT2D eigenvalue weighted by Gasteiger charge is 2.97. The Hall–Kier alpha value is -1.36. The van der Waals surface area contributed by atoms with Crippen LogP contribution in [0.3, 0.4) is 0 Å². The number of alkyl halides is 15. The van der Waals surface area contributed by atoms with Crippen molar-refractivity contribution in [2.45, 2.75) is 72.8 Å². The van der Waals surface area contributed by atoms with Crippen LogP contribution in [-0.4, -0.2) is 116 Å². The zero-order valence-corrected chi connectivity index (χ0v) is 26.1. The third kappa shape index (κ3) is 7.60. The van der Waals surface area contributed by atoms with E-state index >= 15 is 0 Å². The van der Waals surface area contributed by atoms with Gasteiger partial charge < -0.3 is 9.04 Å². The summed E-state index contributed by atoms with van der Waals surface area (Å²) in [6.07, 6.45) is -8.04. The molecule has 10 nitrogen and oxygen atoms in total. The molecule has 0 aliphatic rings. The van der Waals surface area contributed by atoms with Crippen molar-refractivity contribution in [3.63, 3.8) is 0 Å². The van der Waals surface area contributed by atoms with Crippen LogP contribution in [0.25, 0.3) is 0 Å². The summed E-state index contributed by atoms with van der Waals surface area (Å²) in [5.74, 6) is -52.4. The SMILES string of the molecule is CC(C)C[N+](C)(C)CC(C)C.O=S(=O)([O-])C(C(F)(F)C(F)(F)C(F)(F)C(F)(F)C(F)(F)C(F)(F)C(F)(F)F)(S(=O)(=O)O)S(=O)(=O)O. The Bertz CT molecular complexity index is 1320. The fourth-order valence-electron chi connectivity index (χ4n) is 4.08. The van der Waals surface area contributed by atoms with Crippen LogP contribution in [0.5, 0.6) is 0 Å². The van der Waals surface area contributed by atoms with Gasteiger partial charge in [0.05, 0.1) is 27.2 Å². The van der Waals surface area contributed by atoms with E-state index in [1.165, 1.54) is 13.1 Å². The van der Waals surface area contributed by atoms with Gasteiger partial charge in [0, 0.05) is 11.8 Å². The Balaban J connectivity index is 0. The predicted molar refractivity (Wildman–Crippen MR) is 123 cm³/mol. The number of halogens is 15. The lowest BCUT2D eigenvalue weighted by Crippen LogP contribution is -2.78. The maximum atomic E-state index is 14.1. The highest BCUT2D eigenvalue weighted by molar-refractivity contribution is 8.21. The third-order valence-electron chi connectivity index (χ3n) is 5.44. The zero-order chi connectivity index (χ0) is 38.6. The zero-order valence-electron chi connectivity index (χ0n) is 23.7. The second-order valence-electron chi connectivity index (χ2n) is 11.0. The topological polar surface area (TPSA) is 166 Å². The van der Waals surface area contributed by atoms with Crippen LogP contribution in [0, 0.1) is 11.8 Å². The van der Waals surface area contributed by atoms with Gasteiger partial charge in [-0.05, 0) is 0 Å². The van der Waals surface area contributed by atoms with Gasteiger partial charge in [0.15, 0.2) is 0 Å². The molecule has 0 aliphatic heterocycles. The fourth-order valence-corrected chi connectivity index (χ4v) is 8.56. The Morgan fingerprint density at radius 2 is 0.739 bits per heavy atom. The Morgan fingerprint density at radius 1 is 0.522 bits per heavy atom. The number of hydrogen-bond donors (Lipinski definition) is 2. The van der Waals surface area contributed by atoms with Gasteiger partial charge in [0.2, 0.25) is 0 Å². The lowest BCUT2D eigenvalue weighted by Gasteiger charge is -2.45. The van der Waals surface area contributed by atoms with Crippen LogP contribution < -0.4 is 0 Å². The van der Waals surface area contributed by atoms with E-state index < -0.39 is 75.5 Å². The van der Waals surface area contributed by atoms with Crippen LogP contribution in [0.4, 0.5) is 65.9 Å². The van der Waals surface area contributed by atoms with Crippen LogP contribution >= 0.6 is 0 Å². The second kappa shape index (κ2) is 12.8. The molecule has 0 saturated heterocycles. The first-order chi connectivity index (χ1) is 19.3. The molecule has 0 atom stereocenters. The van der Waals surface area contributed by atoms with E-state index in [4.69, 9.17) is 9.11 Å². The van der Waals surface area contributed by atoms with Gasteiger partial charge in [-0.25, -0.2) is 8.42 Å². The minimum absolute atomic E-state index is 0.809. The number of nitrogens with zero attached hydrogens (tertiary/aromatic N) is 1. The largest absolute Gasteiger partial charge is 0.746 e. The van der Waals surface area contributed by atoms with E-state index in [0.29, 0.717) is 0 Å². The molecule has 0 radical (unpaired) electrons. The van der Waals surface area contributed by atoms with Gasteiger partial charge >= 0.3 is 65.4 Å². The molecule has 0 rings (SSSR count). The predicted octanol–water partition coefficient (Wildman–Crippen LogP) is 4.71. The van der Waals surface area contributed by atoms with Crippen LogP contribution in [0.15, 0.2) is 0 Å². The summed E-state index contributed by atoms with van der Waals surface area (Å²) in [6.45, 7) is 11.7. The van der Waals surface area contributed by atoms with Crippen molar-refractivity contribution in [3.05, 3.63) is 0 Å². The third-order valence-corrected chi connectivity index (χ3v) is 12.0. The van der Waals surface area contributed by atoms with Gasteiger partial charge in [-0.3, -0.25) is 9.11 Å². The van der Waals surface area contributed by atoms with Crippen molar-refractivity contribution in [1.29, 1.82) is 0 Å². The number of quaternary nitrogens is 1. The van der Waals surface area contributed by atoms with Crippen molar-refractivity contribution in [2.24, 2.45) is 11.8 Å². The van der Waals surface area contributed by atoms with Crippen molar-refractivity contribution >= 4 is 30.4 Å². The Labute approximate surface area is 251 Å². The molecule has 0 saturated carbocycles. The maximum Gasteiger partial charge on any atom is 0.460 e. The van der Waals surface area contributed by atoms with Crippen molar-refractivity contribution in [1.82, 2.24) is 0 Å². The minimum atomic E-state index is -9.26. The smallest absolute Gasteiger partial charge is 0.460 e. The van der Waals surface area contributed by atoms with E-state index in [9.17, 15) is 95.7 Å². The molecule has 0 aromatic heterocycles. The molecule has 0 amide bonds. The number of hydrogen-bond acceptors (Lipinski definition) is 7. The molecule has 2 N–H and O–H groups in total. The quantitative estimate of drug-likeness (QED) is 0.153. The van der Waals surface area contributed by atoms with E-state index in [0.717, 1.165) is 16.3 Å². The van der Waals surface area contributed by atoms with Crippen LogP contribution in [0.2, 0.25) is 0 Å². The average Bonchev–Trinajstić information content (AvgIpc) is 2.67. The molecule has 0 fully saturated rings. The Kier molecular flexibility index (Phi) is 13.0. The molecule has 0 heterocycles. The number of rotatable bonds is 13. The molecule has 0 spiro atoms. The van der Waals surface area contributed by atoms with Gasteiger partial charge in [0.25, 0.3) is 0 Å². The van der Waals surface area contributed by atoms with E-state index in [1.807, 2.05) is 0 Å². The maximum absolute atomic E-state index is 14.1. The van der Waals surface area contributed by atoms with Gasteiger partial charge in [0.1, 0.15) is 10.1 Å². The summed E-state index contributed by atoms with van der Waals surface area (Å²) < 4.78 is 283. The van der Waals surface area contributed by atoms with E-state index in [1.54, 1.807) is 0 Å². The monoisotopic (exact) mass is 781 g/mol. The first kappa shape index (κ1) is 46.8. The molecule has 0 aliphatic carbocycles.